The second-order valence-electron chi connectivity index (χ2n) is 5.02. The van der Waals surface area contributed by atoms with E-state index in [2.05, 4.69) is 23.8 Å². The first-order chi connectivity index (χ1) is 5.75. The first kappa shape index (κ1) is 7.34. The summed E-state index contributed by atoms with van der Waals surface area (Å²) >= 11 is 0. The van der Waals surface area contributed by atoms with E-state index in [9.17, 15) is 0 Å². The second kappa shape index (κ2) is 2.24. The van der Waals surface area contributed by atoms with Gasteiger partial charge in [0.2, 0.25) is 0 Å². The molecule has 68 valence electrons. The van der Waals surface area contributed by atoms with Gasteiger partial charge in [-0.05, 0) is 24.8 Å². The fourth-order valence-corrected chi connectivity index (χ4v) is 3.05. The molecule has 0 bridgehead atoms. The summed E-state index contributed by atoms with van der Waals surface area (Å²) in [5.74, 6) is 3.21. The molecule has 0 aromatic rings. The van der Waals surface area contributed by atoms with Gasteiger partial charge in [-0.25, -0.2) is 0 Å². The van der Waals surface area contributed by atoms with Crippen LogP contribution in [0.1, 0.15) is 6.92 Å². The van der Waals surface area contributed by atoms with Crippen LogP contribution in [-0.2, 0) is 0 Å². The minimum absolute atomic E-state index is 0.912. The minimum Gasteiger partial charge on any atom is -0.303 e. The van der Waals surface area contributed by atoms with E-state index in [1.807, 2.05) is 0 Å². The van der Waals surface area contributed by atoms with E-state index in [0.717, 1.165) is 23.8 Å². The molecule has 1 aliphatic carbocycles. The van der Waals surface area contributed by atoms with Gasteiger partial charge >= 0.3 is 0 Å². The van der Waals surface area contributed by atoms with Crippen LogP contribution in [0.3, 0.4) is 0 Å². The molecule has 12 heavy (non-hydrogen) atoms. The highest BCUT2D eigenvalue weighted by molar-refractivity contribution is 5.05. The van der Waals surface area contributed by atoms with Crippen LogP contribution in [0.25, 0.3) is 0 Å². The van der Waals surface area contributed by atoms with E-state index in [1.165, 1.54) is 26.2 Å². The molecule has 0 aromatic heterocycles. The largest absolute Gasteiger partial charge is 0.303 e. The molecule has 3 fully saturated rings. The Hall–Kier alpha value is -0.0800. The van der Waals surface area contributed by atoms with Crippen molar-refractivity contribution in [2.24, 2.45) is 17.8 Å². The average Bonchev–Trinajstić information content (AvgIpc) is 2.51. The van der Waals surface area contributed by atoms with Gasteiger partial charge in [0.15, 0.2) is 0 Å². The van der Waals surface area contributed by atoms with Crippen molar-refractivity contribution in [1.29, 1.82) is 0 Å². The molecule has 3 atom stereocenters. The van der Waals surface area contributed by atoms with Crippen molar-refractivity contribution in [3.8, 4) is 0 Å². The van der Waals surface area contributed by atoms with Gasteiger partial charge in [0.1, 0.15) is 0 Å². The Morgan fingerprint density at radius 2 is 1.58 bits per heavy atom. The number of likely N-dealkylation sites (N-methyl/N-ethyl adjacent to an activating group) is 1. The van der Waals surface area contributed by atoms with Crippen LogP contribution in [-0.4, -0.2) is 49.1 Å². The van der Waals surface area contributed by atoms with Crippen molar-refractivity contribution in [2.45, 2.75) is 13.0 Å². The Balaban J connectivity index is 1.55. The third-order valence-electron chi connectivity index (χ3n) is 4.21. The van der Waals surface area contributed by atoms with Gasteiger partial charge in [-0.2, -0.15) is 0 Å². The highest BCUT2D eigenvalue weighted by Crippen LogP contribution is 2.51. The molecule has 0 radical (unpaired) electrons. The zero-order valence-electron chi connectivity index (χ0n) is 8.03. The van der Waals surface area contributed by atoms with Crippen molar-refractivity contribution in [1.82, 2.24) is 9.80 Å². The Kier molecular flexibility index (Phi) is 1.37. The molecule has 2 nitrogen and oxygen atoms in total. The fraction of sp³-hybridized carbons (Fsp3) is 1.00. The van der Waals surface area contributed by atoms with Crippen LogP contribution >= 0.6 is 0 Å². The minimum atomic E-state index is 0.912. The first-order valence-electron chi connectivity index (χ1n) is 5.18. The summed E-state index contributed by atoms with van der Waals surface area (Å²) in [7, 11) is 2.22. The molecule has 3 rings (SSSR count). The number of fused-ring (bicyclic) bond motifs is 1. The van der Waals surface area contributed by atoms with E-state index in [1.54, 1.807) is 0 Å². The predicted molar refractivity (Wildman–Crippen MR) is 49.0 cm³/mol. The van der Waals surface area contributed by atoms with E-state index in [4.69, 9.17) is 0 Å². The number of rotatable bonds is 1. The molecule has 0 N–H and O–H groups in total. The van der Waals surface area contributed by atoms with Gasteiger partial charge in [0.05, 0.1) is 0 Å². The lowest BCUT2D eigenvalue weighted by Crippen LogP contribution is -2.57. The molecule has 0 amide bonds. The van der Waals surface area contributed by atoms with Crippen molar-refractivity contribution in [2.75, 3.05) is 33.2 Å². The lowest BCUT2D eigenvalue weighted by Gasteiger charge is -2.42. The van der Waals surface area contributed by atoms with Gasteiger partial charge in [-0.3, -0.25) is 4.90 Å². The number of nitrogens with zero attached hydrogens (tertiary/aromatic N) is 2. The van der Waals surface area contributed by atoms with Crippen LogP contribution in [0, 0.1) is 17.8 Å². The third-order valence-corrected chi connectivity index (χ3v) is 4.21. The third kappa shape index (κ3) is 0.882. The zero-order chi connectivity index (χ0) is 8.29. The fourth-order valence-electron chi connectivity index (χ4n) is 3.05. The highest BCUT2D eigenvalue weighted by atomic mass is 15.3. The van der Waals surface area contributed by atoms with E-state index >= 15 is 0 Å². The Bertz CT molecular complexity index is 186. The molecule has 2 saturated heterocycles. The Labute approximate surface area is 74.5 Å². The number of hydrogen-bond acceptors (Lipinski definition) is 2. The molecule has 3 aliphatic rings. The van der Waals surface area contributed by atoms with Gasteiger partial charge in [-0.1, -0.05) is 6.92 Å². The van der Waals surface area contributed by atoms with Crippen LogP contribution in [0.5, 0.6) is 0 Å². The molecule has 0 unspecified atom stereocenters. The van der Waals surface area contributed by atoms with Crippen LogP contribution in [0.2, 0.25) is 0 Å². The molecule has 2 aliphatic heterocycles. The van der Waals surface area contributed by atoms with Gasteiger partial charge < -0.3 is 4.90 Å². The highest BCUT2D eigenvalue weighted by Gasteiger charge is 2.54. The van der Waals surface area contributed by atoms with Gasteiger partial charge in [0.25, 0.3) is 0 Å². The second-order valence-corrected chi connectivity index (χ2v) is 5.02. The summed E-state index contributed by atoms with van der Waals surface area (Å²) in [6, 6.07) is 0.912. The average molecular weight is 166 g/mol. The summed E-state index contributed by atoms with van der Waals surface area (Å²) in [6.45, 7) is 7.86. The van der Waals surface area contributed by atoms with Crippen molar-refractivity contribution in [3.05, 3.63) is 0 Å². The molecular formula is C10H18N2. The smallest absolute Gasteiger partial charge is 0.0350 e. The lowest BCUT2D eigenvalue weighted by atomic mass is 10.1. The van der Waals surface area contributed by atoms with Crippen LogP contribution < -0.4 is 0 Å². The Morgan fingerprint density at radius 1 is 1.00 bits per heavy atom. The van der Waals surface area contributed by atoms with Crippen molar-refractivity contribution in [3.63, 3.8) is 0 Å². The SMILES string of the molecule is C[C@@H]1[C@H]2CN(C3CN(C)C3)C[C@@H]12. The summed E-state index contributed by atoms with van der Waals surface area (Å²) in [5, 5.41) is 0. The predicted octanol–water partition coefficient (Wildman–Crippen LogP) is 0.498. The first-order valence-corrected chi connectivity index (χ1v) is 5.18. The summed E-state index contributed by atoms with van der Waals surface area (Å²) < 4.78 is 0. The van der Waals surface area contributed by atoms with E-state index in [-0.39, 0.29) is 0 Å². The molecule has 2 heteroatoms. The molecule has 0 spiro atoms. The summed E-state index contributed by atoms with van der Waals surface area (Å²) in [4.78, 5) is 5.13. The molecule has 0 aromatic carbocycles. The maximum atomic E-state index is 2.72. The molecular weight excluding hydrogens is 148 g/mol. The van der Waals surface area contributed by atoms with Gasteiger partial charge in [-0.15, -0.1) is 0 Å². The zero-order valence-corrected chi connectivity index (χ0v) is 8.03. The standard InChI is InChI=1S/C10H18N2/c1-7-9-5-12(6-10(7)9)8-3-11(2)4-8/h7-10H,3-6H2,1-2H3/t7-,9-,10+. The van der Waals surface area contributed by atoms with Crippen LogP contribution in [0.4, 0.5) is 0 Å². The molecule has 2 heterocycles. The normalized spacial score (nSPS) is 49.0. The summed E-state index contributed by atoms with van der Waals surface area (Å²) in [6.07, 6.45) is 0. The van der Waals surface area contributed by atoms with Crippen molar-refractivity contribution >= 4 is 0 Å². The number of likely N-dealkylation sites (tertiary alicyclic amines) is 2. The number of piperidine rings is 1. The number of hydrogen-bond donors (Lipinski definition) is 0. The van der Waals surface area contributed by atoms with E-state index in [0.29, 0.717) is 0 Å². The maximum absolute atomic E-state index is 2.72. The quantitative estimate of drug-likeness (QED) is 0.559. The maximum Gasteiger partial charge on any atom is 0.0350 e. The monoisotopic (exact) mass is 166 g/mol. The summed E-state index contributed by atoms with van der Waals surface area (Å²) in [5.41, 5.74) is 0. The van der Waals surface area contributed by atoms with Gasteiger partial charge in [0, 0.05) is 32.2 Å². The van der Waals surface area contributed by atoms with Crippen molar-refractivity contribution < 1.29 is 0 Å². The molecule has 1 saturated carbocycles. The lowest BCUT2D eigenvalue weighted by molar-refractivity contribution is 0.0585. The topological polar surface area (TPSA) is 6.48 Å². The van der Waals surface area contributed by atoms with Crippen LogP contribution in [0.15, 0.2) is 0 Å². The Morgan fingerprint density at radius 3 is 2.08 bits per heavy atom. The van der Waals surface area contributed by atoms with E-state index < -0.39 is 0 Å².